The summed E-state index contributed by atoms with van der Waals surface area (Å²) in [5.74, 6) is 0. The first-order chi connectivity index (χ1) is 17.2. The van der Waals surface area contributed by atoms with E-state index in [1.54, 1.807) is 12.1 Å². The van der Waals surface area contributed by atoms with Crippen molar-refractivity contribution < 1.29 is 49.3 Å². The first-order valence-electron chi connectivity index (χ1n) is 10.7. The van der Waals surface area contributed by atoms with Crippen LogP contribution in [-0.2, 0) is 20.4 Å². The molecule has 9 heteroatoms. The molecule has 0 aromatic heterocycles. The van der Waals surface area contributed by atoms with Crippen LogP contribution in [0.2, 0.25) is 0 Å². The summed E-state index contributed by atoms with van der Waals surface area (Å²) in [4.78, 5) is 0. The largest absolute Gasteiger partial charge is 2.00 e. The van der Waals surface area contributed by atoms with Crippen LogP contribution in [0.1, 0.15) is 32.0 Å². The average molecular weight is 627 g/mol. The molecule has 0 unspecified atom stereocenters. The summed E-state index contributed by atoms with van der Waals surface area (Å²) in [6.45, 7) is 5.21. The van der Waals surface area contributed by atoms with Crippen LogP contribution < -0.4 is 29.2 Å². The van der Waals surface area contributed by atoms with Crippen molar-refractivity contribution in [3.8, 4) is 12.1 Å². The fourth-order valence-electron chi connectivity index (χ4n) is 3.43. The molecule has 0 spiro atoms. The predicted molar refractivity (Wildman–Crippen MR) is 133 cm³/mol. The Kier molecular flexibility index (Phi) is 17.2. The van der Waals surface area contributed by atoms with Crippen molar-refractivity contribution in [3.05, 3.63) is 109 Å². The molecule has 0 N–H and O–H groups in total. The third-order valence-corrected chi connectivity index (χ3v) is 7.37. The third-order valence-electron chi connectivity index (χ3n) is 4.63. The molecule has 1 atom stereocenters. The van der Waals surface area contributed by atoms with Crippen LogP contribution >= 0.6 is 7.92 Å². The maximum absolute atomic E-state index is 8.49. The van der Waals surface area contributed by atoms with E-state index in [9.17, 15) is 0 Å². The van der Waals surface area contributed by atoms with Crippen LogP contribution in [0.4, 0.5) is 0 Å². The Morgan fingerprint density at radius 2 is 1.11 bits per heavy atom. The summed E-state index contributed by atoms with van der Waals surface area (Å²) in [6.07, 6.45) is 0. The second kappa shape index (κ2) is 18.6. The van der Waals surface area contributed by atoms with Crippen molar-refractivity contribution in [1.82, 2.24) is 0 Å². The topological polar surface area (TPSA) is 140 Å². The number of nitriles is 2. The van der Waals surface area contributed by atoms with Gasteiger partial charge in [-0.25, -0.2) is 18.6 Å². The molecule has 0 amide bonds. The van der Waals surface area contributed by atoms with Gasteiger partial charge < -0.3 is 0 Å². The molecule has 0 fully saturated rings. The quantitative estimate of drug-likeness (QED) is 0.193. The van der Waals surface area contributed by atoms with Gasteiger partial charge in [-0.3, -0.25) is 0 Å². The van der Waals surface area contributed by atoms with E-state index in [0.29, 0.717) is 5.66 Å². The Hall–Kier alpha value is -2.66. The normalized spacial score (nSPS) is 10.4. The second-order valence-electron chi connectivity index (χ2n) is 7.02. The van der Waals surface area contributed by atoms with Gasteiger partial charge >= 0.3 is 20.4 Å². The molecular formula is C28H26ClN2O4PPd. The van der Waals surface area contributed by atoms with Gasteiger partial charge in [0.25, 0.3) is 0 Å². The Labute approximate surface area is 235 Å². The van der Waals surface area contributed by atoms with Crippen LogP contribution in [0.3, 0.4) is 0 Å². The summed E-state index contributed by atoms with van der Waals surface area (Å²) in [7, 11) is -5.44. The molecule has 0 aliphatic heterocycles. The van der Waals surface area contributed by atoms with Gasteiger partial charge in [0.2, 0.25) is 0 Å². The summed E-state index contributed by atoms with van der Waals surface area (Å²) in [5.41, 5.74) is 1.71. The first-order valence-corrected chi connectivity index (χ1v) is 13.3. The third kappa shape index (κ3) is 12.9. The smallest absolute Gasteiger partial charge is 0.222 e. The zero-order valence-electron chi connectivity index (χ0n) is 20.5. The average Bonchev–Trinajstić information content (AvgIpc) is 2.85. The maximum atomic E-state index is 8.49. The molecule has 37 heavy (non-hydrogen) atoms. The van der Waals surface area contributed by atoms with Crippen LogP contribution in [0.5, 0.6) is 0 Å². The van der Waals surface area contributed by atoms with E-state index in [2.05, 4.69) is 110 Å². The number of hydrogen-bond acceptors (Lipinski definition) is 6. The van der Waals surface area contributed by atoms with Crippen molar-refractivity contribution in [2.24, 2.45) is 0 Å². The van der Waals surface area contributed by atoms with Gasteiger partial charge in [0.05, 0.1) is 12.1 Å². The molecule has 4 aromatic rings. The minimum Gasteiger partial charge on any atom is -0.222 e. The summed E-state index contributed by atoms with van der Waals surface area (Å²) >= 11 is 0. The van der Waals surface area contributed by atoms with E-state index in [0.717, 1.165) is 0 Å². The fourth-order valence-corrected chi connectivity index (χ4v) is 6.09. The van der Waals surface area contributed by atoms with Crippen molar-refractivity contribution in [2.45, 2.75) is 26.4 Å². The molecular weight excluding hydrogens is 601 g/mol. The van der Waals surface area contributed by atoms with Gasteiger partial charge in [0.15, 0.2) is 0 Å². The van der Waals surface area contributed by atoms with E-state index in [4.69, 9.17) is 29.2 Å². The molecule has 0 bridgehead atoms. The minimum absolute atomic E-state index is 0. The molecule has 4 aromatic carbocycles. The molecule has 0 heterocycles. The van der Waals surface area contributed by atoms with Gasteiger partial charge in [-0.15, -0.1) is 32.6 Å². The molecule has 0 saturated heterocycles. The monoisotopic (exact) mass is 626 g/mol. The zero-order chi connectivity index (χ0) is 27.0. The van der Waals surface area contributed by atoms with Crippen LogP contribution in [0.15, 0.2) is 97.1 Å². The molecule has 0 aliphatic rings. The number of benzene rings is 4. The predicted octanol–water partition coefficient (Wildman–Crippen LogP) is 2.14. The Morgan fingerprint density at radius 3 is 1.54 bits per heavy atom. The van der Waals surface area contributed by atoms with Gasteiger partial charge in [0.1, 0.15) is 0 Å². The van der Waals surface area contributed by atoms with Gasteiger partial charge in [-0.2, -0.15) is 28.7 Å². The Morgan fingerprint density at radius 1 is 0.730 bits per heavy atom. The number of rotatable bonds is 4. The van der Waals surface area contributed by atoms with Crippen molar-refractivity contribution in [3.63, 3.8) is 0 Å². The zero-order valence-corrected chi connectivity index (χ0v) is 23.7. The maximum Gasteiger partial charge on any atom is 2.00 e. The van der Waals surface area contributed by atoms with E-state index < -0.39 is 18.2 Å². The van der Waals surface area contributed by atoms with Gasteiger partial charge in [-0.1, -0.05) is 85.8 Å². The van der Waals surface area contributed by atoms with Crippen molar-refractivity contribution in [1.29, 1.82) is 10.5 Å². The van der Waals surface area contributed by atoms with Gasteiger partial charge in [-0.05, 0) is 24.2 Å². The standard InChI is InChI=1S/C24H20P.2C2H3N.ClHO4.Pd/c1-19(23-18-10-12-20-11-8-9-17-24(20)23)25(21-13-4-2-5-14-21)22-15-6-3-7-16-22;2*1-2-3;2-1(3,4)5;/h2-17,19H,1H3;2*1H3;(H,2,3,4,5);/q-1;;;;+2/p-1/t19-;;;;/m0..../s1. The number of nitrogens with zero attached hydrogens (tertiary/aromatic N) is 2. The van der Waals surface area contributed by atoms with E-state index >= 15 is 0 Å². The second-order valence-corrected chi connectivity index (χ2v) is 10.3. The van der Waals surface area contributed by atoms with Gasteiger partial charge in [0, 0.05) is 13.8 Å². The van der Waals surface area contributed by atoms with Crippen molar-refractivity contribution >= 4 is 29.3 Å². The SMILES string of the molecule is CC#N.CC#N.C[C@@H](c1[c-]ccc2ccccc12)P(c1ccccc1)c1ccccc1.[O-][Cl+3]([O-])([O-])[O-].[Pd+2]. The minimum atomic E-state index is -4.94. The Bertz CT molecular complexity index is 1200. The van der Waals surface area contributed by atoms with E-state index in [-0.39, 0.29) is 20.4 Å². The summed E-state index contributed by atoms with van der Waals surface area (Å²) in [6, 6.07) is 41.7. The van der Waals surface area contributed by atoms with E-state index in [1.807, 2.05) is 0 Å². The number of fused-ring (bicyclic) bond motifs is 1. The first kappa shape index (κ1) is 34.3. The number of hydrogen-bond donors (Lipinski definition) is 0. The van der Waals surface area contributed by atoms with Crippen LogP contribution in [0.25, 0.3) is 10.8 Å². The van der Waals surface area contributed by atoms with E-state index in [1.165, 1.54) is 40.8 Å². The van der Waals surface area contributed by atoms with Crippen molar-refractivity contribution in [2.75, 3.05) is 0 Å². The molecule has 0 saturated carbocycles. The van der Waals surface area contributed by atoms with Crippen LogP contribution in [-0.4, -0.2) is 0 Å². The summed E-state index contributed by atoms with van der Waals surface area (Å²) in [5, 5.41) is 20.1. The molecule has 6 nitrogen and oxygen atoms in total. The molecule has 0 radical (unpaired) electrons. The summed E-state index contributed by atoms with van der Waals surface area (Å²) < 4.78 is 34.0. The molecule has 194 valence electrons. The molecule has 0 aliphatic carbocycles. The molecule has 4 rings (SSSR count). The van der Waals surface area contributed by atoms with Crippen LogP contribution in [0, 0.1) is 39.0 Å². The number of halogens is 1. The fraction of sp³-hybridized carbons (Fsp3) is 0.143. The Balaban J connectivity index is 0.000000927.